The number of aryl methyl sites for hydroxylation is 2. The third-order valence-corrected chi connectivity index (χ3v) is 7.10. The molecule has 0 aliphatic carbocycles. The number of ether oxygens (including phenoxy) is 1. The number of anilines is 2. The Labute approximate surface area is 253 Å². The van der Waals surface area contributed by atoms with Crippen LogP contribution in [-0.2, 0) is 4.74 Å². The average molecular weight is 612 g/mol. The molecule has 0 atom stereocenters. The van der Waals surface area contributed by atoms with Crippen LogP contribution in [0.15, 0.2) is 45.4 Å². The van der Waals surface area contributed by atoms with E-state index in [4.69, 9.17) is 4.74 Å². The van der Waals surface area contributed by atoms with Gasteiger partial charge in [0.2, 0.25) is 11.1 Å². The highest BCUT2D eigenvalue weighted by Crippen LogP contribution is 2.26. The highest BCUT2D eigenvalue weighted by Gasteiger charge is 2.09. The summed E-state index contributed by atoms with van der Waals surface area (Å²) in [6.07, 6.45) is 3.65. The van der Waals surface area contributed by atoms with Crippen LogP contribution in [0.5, 0.6) is 0 Å². The van der Waals surface area contributed by atoms with Crippen LogP contribution in [-0.4, -0.2) is 66.1 Å². The maximum atomic E-state index is 12.0. The number of benzene rings is 1. The van der Waals surface area contributed by atoms with Crippen LogP contribution in [0.25, 0.3) is 0 Å². The Morgan fingerprint density at radius 2 is 1.77 bits per heavy atom. The summed E-state index contributed by atoms with van der Waals surface area (Å²) in [6.45, 7) is 7.94. The number of likely N-dealkylation sites (N-methyl/N-ethyl adjacent to an activating group) is 1. The third kappa shape index (κ3) is 11.6. The van der Waals surface area contributed by atoms with Gasteiger partial charge >= 0.3 is 12.1 Å². The van der Waals surface area contributed by atoms with Gasteiger partial charge in [-0.15, -0.1) is 10.2 Å². The van der Waals surface area contributed by atoms with Gasteiger partial charge in [0, 0.05) is 37.1 Å². The van der Waals surface area contributed by atoms with Crippen LogP contribution in [0.2, 0.25) is 0 Å². The fraction of sp³-hybridized carbons (Fsp3) is 0.429. The zero-order valence-electron chi connectivity index (χ0n) is 24.5. The number of H-pyrrole nitrogens is 1. The predicted octanol–water partition coefficient (Wildman–Crippen LogP) is 5.01. The van der Waals surface area contributed by atoms with Crippen LogP contribution in [0.1, 0.15) is 53.7 Å². The highest BCUT2D eigenvalue weighted by molar-refractivity contribution is 7.17. The van der Waals surface area contributed by atoms with Gasteiger partial charge in [0.1, 0.15) is 6.61 Å². The van der Waals surface area contributed by atoms with Crippen molar-refractivity contribution >= 4 is 52.2 Å². The lowest BCUT2D eigenvalue weighted by Crippen LogP contribution is -2.31. The number of hydrogen-bond donors (Lipinski definition) is 4. The number of aldehydes is 1. The highest BCUT2D eigenvalue weighted by atomic mass is 32.1. The normalized spacial score (nSPS) is 10.9. The minimum atomic E-state index is -0.455. The van der Waals surface area contributed by atoms with Gasteiger partial charge in [0.15, 0.2) is 6.29 Å². The molecular weight excluding hydrogens is 574 g/mol. The van der Waals surface area contributed by atoms with Gasteiger partial charge in [-0.2, -0.15) is 0 Å². The predicted molar refractivity (Wildman–Crippen MR) is 165 cm³/mol. The first-order chi connectivity index (χ1) is 20.8. The van der Waals surface area contributed by atoms with Crippen molar-refractivity contribution in [3.8, 4) is 0 Å². The van der Waals surface area contributed by atoms with Crippen molar-refractivity contribution in [2.24, 2.45) is 10.2 Å². The fourth-order valence-electron chi connectivity index (χ4n) is 3.93. The minimum Gasteiger partial charge on any atom is -0.448 e. The van der Waals surface area contributed by atoms with Crippen LogP contribution < -0.4 is 26.4 Å². The van der Waals surface area contributed by atoms with Crippen molar-refractivity contribution in [3.63, 3.8) is 0 Å². The summed E-state index contributed by atoms with van der Waals surface area (Å²) >= 11 is 1.19. The van der Waals surface area contributed by atoms with Crippen molar-refractivity contribution < 1.29 is 19.1 Å². The van der Waals surface area contributed by atoms with E-state index < -0.39 is 12.1 Å². The maximum absolute atomic E-state index is 12.0. The van der Waals surface area contributed by atoms with Gasteiger partial charge < -0.3 is 20.3 Å². The first kappa shape index (κ1) is 32.8. The van der Waals surface area contributed by atoms with E-state index in [0.29, 0.717) is 46.7 Å². The molecule has 3 amide bonds. The second kappa shape index (κ2) is 17.3. The number of aromatic amines is 1. The number of nitrogens with one attached hydrogen (secondary N) is 4. The van der Waals surface area contributed by atoms with Crippen LogP contribution in [0, 0.1) is 13.8 Å². The molecule has 0 saturated carbocycles. The maximum Gasteiger partial charge on any atom is 0.407 e. The molecule has 0 unspecified atom stereocenters. The summed E-state index contributed by atoms with van der Waals surface area (Å²) in [5, 5.41) is 16.7. The number of azo groups is 1. The summed E-state index contributed by atoms with van der Waals surface area (Å²) in [5.74, 6) is 0.107. The number of unbranched alkanes of at least 4 members (excludes halogenated alkanes) is 3. The molecule has 14 nitrogen and oxygen atoms in total. The van der Waals surface area contributed by atoms with E-state index in [9.17, 15) is 19.2 Å². The molecule has 230 valence electrons. The molecule has 0 saturated heterocycles. The molecule has 4 N–H and O–H groups in total. The Morgan fingerprint density at radius 1 is 1.05 bits per heavy atom. The van der Waals surface area contributed by atoms with Gasteiger partial charge in [-0.3, -0.25) is 19.9 Å². The second-order valence-electron chi connectivity index (χ2n) is 9.45. The monoisotopic (exact) mass is 611 g/mol. The number of thiazole rings is 1. The number of alkyl carbamates (subject to hydrolysis) is 1. The number of nitrogens with zero attached hydrogens (tertiary/aromatic N) is 5. The van der Waals surface area contributed by atoms with E-state index >= 15 is 0 Å². The molecule has 15 heteroatoms. The largest absolute Gasteiger partial charge is 0.448 e. The number of hydrogen-bond acceptors (Lipinski definition) is 11. The number of amides is 3. The molecule has 0 fully saturated rings. The zero-order valence-corrected chi connectivity index (χ0v) is 25.3. The van der Waals surface area contributed by atoms with E-state index in [-0.39, 0.29) is 18.1 Å². The third-order valence-electron chi connectivity index (χ3n) is 6.13. The van der Waals surface area contributed by atoms with Crippen molar-refractivity contribution in [3.05, 3.63) is 57.0 Å². The summed E-state index contributed by atoms with van der Waals surface area (Å²) in [4.78, 5) is 59.7. The fourth-order valence-corrected chi connectivity index (χ4v) is 4.63. The topological polar surface area (TPSA) is 183 Å². The van der Waals surface area contributed by atoms with Gasteiger partial charge in [0.05, 0.1) is 22.8 Å². The van der Waals surface area contributed by atoms with Crippen LogP contribution in [0.3, 0.4) is 0 Å². The molecular formula is C28H37N9O5S. The van der Waals surface area contributed by atoms with E-state index in [1.807, 2.05) is 31.2 Å². The Bertz CT molecular complexity index is 1440. The molecule has 2 heterocycles. The number of rotatable bonds is 16. The molecule has 43 heavy (non-hydrogen) atoms. The SMILES string of the molecule is CCN(CCOC(=O)NCCCCCCNC(=O)Nc1nc(C)cc(=O)[nH]1)c1ccc(N=Nc2nc(C)c(C=O)s2)cc1. The lowest BCUT2D eigenvalue weighted by molar-refractivity contribution is 0.112. The smallest absolute Gasteiger partial charge is 0.407 e. The van der Waals surface area contributed by atoms with Gasteiger partial charge in [-0.1, -0.05) is 24.2 Å². The summed E-state index contributed by atoms with van der Waals surface area (Å²) in [7, 11) is 0. The van der Waals surface area contributed by atoms with Crippen molar-refractivity contribution in [1.82, 2.24) is 25.6 Å². The van der Waals surface area contributed by atoms with Gasteiger partial charge in [-0.25, -0.2) is 19.6 Å². The second-order valence-corrected chi connectivity index (χ2v) is 10.5. The lowest BCUT2D eigenvalue weighted by Gasteiger charge is -2.23. The number of aromatic nitrogens is 3. The summed E-state index contributed by atoms with van der Waals surface area (Å²) in [5.41, 5.74) is 2.45. The van der Waals surface area contributed by atoms with Crippen molar-refractivity contribution in [2.45, 2.75) is 46.5 Å². The van der Waals surface area contributed by atoms with Crippen LogP contribution in [0.4, 0.5) is 32.0 Å². The first-order valence-electron chi connectivity index (χ1n) is 14.0. The van der Waals surface area contributed by atoms with Crippen molar-refractivity contribution in [1.29, 1.82) is 0 Å². The average Bonchev–Trinajstić information content (AvgIpc) is 3.34. The number of urea groups is 1. The molecule has 0 spiro atoms. The number of carbonyl (C=O) groups is 3. The van der Waals surface area contributed by atoms with E-state index in [2.05, 4.69) is 46.0 Å². The quantitative estimate of drug-likeness (QED) is 0.0990. The molecule has 3 rings (SSSR count). The molecule has 0 aliphatic rings. The zero-order chi connectivity index (χ0) is 31.0. The Morgan fingerprint density at radius 3 is 2.42 bits per heavy atom. The molecule has 1 aromatic carbocycles. The van der Waals surface area contributed by atoms with E-state index in [1.165, 1.54) is 17.4 Å². The summed E-state index contributed by atoms with van der Waals surface area (Å²) in [6, 6.07) is 8.44. The van der Waals surface area contributed by atoms with Crippen LogP contribution >= 0.6 is 11.3 Å². The standard InChI is InChI=1S/C28H37N9O5S/c1-4-37(22-11-9-21(10-12-22)35-36-27-32-20(3)23(18-38)43-27)15-16-42-28(41)30-14-8-6-5-7-13-29-26(40)34-25-31-19(2)17-24(39)33-25/h9-12,17-18H,4-8,13-16H2,1-3H3,(H,30,41)(H3,29,31,33,34,39,40). The molecule has 0 radical (unpaired) electrons. The molecule has 2 aromatic heterocycles. The molecule has 0 bridgehead atoms. The number of carbonyl (C=O) groups excluding carboxylic acids is 3. The Balaban J connectivity index is 1.24. The minimum absolute atomic E-state index is 0.107. The lowest BCUT2D eigenvalue weighted by atomic mass is 10.2. The first-order valence-corrected chi connectivity index (χ1v) is 14.8. The Hall–Kier alpha value is -4.66. The van der Waals surface area contributed by atoms with E-state index in [0.717, 1.165) is 44.2 Å². The van der Waals surface area contributed by atoms with Gasteiger partial charge in [-0.05, 0) is 57.9 Å². The molecule has 3 aromatic rings. The van der Waals surface area contributed by atoms with Gasteiger partial charge in [0.25, 0.3) is 5.56 Å². The van der Waals surface area contributed by atoms with Crippen molar-refractivity contribution in [2.75, 3.05) is 43.0 Å². The van der Waals surface area contributed by atoms with E-state index in [1.54, 1.807) is 13.8 Å². The summed E-state index contributed by atoms with van der Waals surface area (Å²) < 4.78 is 5.33. The Kier molecular flexibility index (Phi) is 13.2. The molecule has 0 aliphatic heterocycles.